The molecule has 1 heteroatoms. The van der Waals surface area contributed by atoms with Crippen LogP contribution in [0.2, 0.25) is 0 Å². The zero-order chi connectivity index (χ0) is 15.2. The molecule has 1 aromatic rings. The third-order valence-corrected chi connectivity index (χ3v) is 4.89. The Balaban J connectivity index is 2.20. The van der Waals surface area contributed by atoms with Crippen molar-refractivity contribution in [2.45, 2.75) is 77.6 Å². The fourth-order valence-corrected chi connectivity index (χ4v) is 3.38. The van der Waals surface area contributed by atoms with Crippen molar-refractivity contribution in [2.24, 2.45) is 5.92 Å². The van der Waals surface area contributed by atoms with Gasteiger partial charge in [-0.2, -0.15) is 0 Å². The van der Waals surface area contributed by atoms with Gasteiger partial charge >= 0.3 is 0 Å². The molecule has 1 aromatic carbocycles. The number of hydrogen-bond donors (Lipinski definition) is 0. The molecule has 0 radical (unpaired) electrons. The lowest BCUT2D eigenvalue weighted by Gasteiger charge is -2.16. The molecule has 0 spiro atoms. The summed E-state index contributed by atoms with van der Waals surface area (Å²) in [7, 11) is 0. The quantitative estimate of drug-likeness (QED) is 0.261. The van der Waals surface area contributed by atoms with Crippen molar-refractivity contribution in [3.05, 3.63) is 35.9 Å². The Bertz CT molecular complexity index is 320. The van der Waals surface area contributed by atoms with Gasteiger partial charge in [-0.15, -0.1) is 0 Å². The van der Waals surface area contributed by atoms with Gasteiger partial charge in [0, 0.05) is 5.33 Å². The monoisotopic (exact) mass is 352 g/mol. The topological polar surface area (TPSA) is 0 Å². The summed E-state index contributed by atoms with van der Waals surface area (Å²) in [6.07, 6.45) is 15.3. The molecule has 0 fully saturated rings. The fourth-order valence-electron chi connectivity index (χ4n) is 3.05. The molecule has 0 N–H and O–H groups in total. The fraction of sp³-hybridized carbons (Fsp3) is 0.700. The minimum atomic E-state index is 0.876. The van der Waals surface area contributed by atoms with Gasteiger partial charge in [-0.1, -0.05) is 105 Å². The van der Waals surface area contributed by atoms with Crippen LogP contribution < -0.4 is 0 Å². The summed E-state index contributed by atoms with van der Waals surface area (Å²) in [5.41, 5.74) is 1.51. The zero-order valence-electron chi connectivity index (χ0n) is 13.8. The molecule has 1 unspecified atom stereocenters. The molecule has 21 heavy (non-hydrogen) atoms. The van der Waals surface area contributed by atoms with E-state index in [4.69, 9.17) is 0 Å². The highest BCUT2D eigenvalue weighted by Gasteiger charge is 2.09. The summed E-state index contributed by atoms with van der Waals surface area (Å²) in [6.45, 7) is 2.29. The second-order valence-electron chi connectivity index (χ2n) is 6.30. The van der Waals surface area contributed by atoms with Gasteiger partial charge in [0.25, 0.3) is 0 Å². The zero-order valence-corrected chi connectivity index (χ0v) is 15.4. The van der Waals surface area contributed by atoms with Crippen LogP contribution >= 0.6 is 15.9 Å². The van der Waals surface area contributed by atoms with Crippen LogP contribution in [0.25, 0.3) is 0 Å². The number of benzene rings is 1. The van der Waals surface area contributed by atoms with E-state index in [9.17, 15) is 0 Å². The summed E-state index contributed by atoms with van der Waals surface area (Å²) in [4.78, 5) is 0. The normalized spacial score (nSPS) is 12.5. The Morgan fingerprint density at radius 3 is 2.10 bits per heavy atom. The minimum Gasteiger partial charge on any atom is -0.0928 e. The van der Waals surface area contributed by atoms with Crippen molar-refractivity contribution in [3.63, 3.8) is 0 Å². The van der Waals surface area contributed by atoms with Gasteiger partial charge in [0.15, 0.2) is 0 Å². The molecule has 0 bridgehead atoms. The van der Waals surface area contributed by atoms with Crippen LogP contribution in [0.3, 0.4) is 0 Å². The van der Waals surface area contributed by atoms with Gasteiger partial charge < -0.3 is 0 Å². The Kier molecular flexibility index (Phi) is 11.9. The van der Waals surface area contributed by atoms with Gasteiger partial charge in [0.2, 0.25) is 0 Å². The van der Waals surface area contributed by atoms with Gasteiger partial charge in [-0.25, -0.2) is 0 Å². The standard InChI is InChI=1S/C20H33Br/c1-2-3-4-5-6-7-9-13-20(16-12-17-21)18-19-14-10-8-11-15-19/h8,10-11,14-15,20H,2-7,9,12-13,16-18H2,1H3. The number of alkyl halides is 1. The largest absolute Gasteiger partial charge is 0.0928 e. The molecular weight excluding hydrogens is 320 g/mol. The first kappa shape index (κ1) is 18.7. The summed E-state index contributed by atoms with van der Waals surface area (Å²) >= 11 is 3.58. The van der Waals surface area contributed by atoms with Crippen molar-refractivity contribution in [1.29, 1.82) is 0 Å². The second kappa shape index (κ2) is 13.4. The molecule has 0 amide bonds. The summed E-state index contributed by atoms with van der Waals surface area (Å²) in [5.74, 6) is 0.876. The molecule has 0 saturated carbocycles. The molecule has 0 aliphatic heterocycles. The van der Waals surface area contributed by atoms with Gasteiger partial charge in [0.05, 0.1) is 0 Å². The van der Waals surface area contributed by atoms with E-state index in [1.54, 1.807) is 0 Å². The van der Waals surface area contributed by atoms with Crippen LogP contribution in [-0.2, 0) is 6.42 Å². The smallest absolute Gasteiger partial charge is 0.00314 e. The van der Waals surface area contributed by atoms with Crippen LogP contribution in [0.5, 0.6) is 0 Å². The highest BCUT2D eigenvalue weighted by Crippen LogP contribution is 2.22. The molecule has 0 heterocycles. The highest BCUT2D eigenvalue weighted by molar-refractivity contribution is 9.09. The van der Waals surface area contributed by atoms with Crippen molar-refractivity contribution in [3.8, 4) is 0 Å². The maximum absolute atomic E-state index is 3.58. The average Bonchev–Trinajstić information content (AvgIpc) is 2.52. The first-order valence-corrected chi connectivity index (χ1v) is 10.1. The second-order valence-corrected chi connectivity index (χ2v) is 7.09. The van der Waals surface area contributed by atoms with Gasteiger partial charge in [-0.05, 0) is 30.7 Å². The van der Waals surface area contributed by atoms with E-state index in [0.29, 0.717) is 0 Å². The van der Waals surface area contributed by atoms with E-state index >= 15 is 0 Å². The van der Waals surface area contributed by atoms with E-state index in [0.717, 1.165) is 11.2 Å². The first-order chi connectivity index (χ1) is 10.4. The molecule has 0 aliphatic rings. The van der Waals surface area contributed by atoms with Crippen molar-refractivity contribution >= 4 is 15.9 Å². The van der Waals surface area contributed by atoms with Crippen LogP contribution in [0.15, 0.2) is 30.3 Å². The Hall–Kier alpha value is -0.300. The molecule has 0 aliphatic carbocycles. The molecule has 0 nitrogen and oxygen atoms in total. The summed E-state index contributed by atoms with van der Waals surface area (Å²) < 4.78 is 0. The highest BCUT2D eigenvalue weighted by atomic mass is 79.9. The van der Waals surface area contributed by atoms with Crippen LogP contribution in [0.1, 0.15) is 76.7 Å². The third kappa shape index (κ3) is 10.1. The van der Waals surface area contributed by atoms with E-state index < -0.39 is 0 Å². The summed E-state index contributed by atoms with van der Waals surface area (Å²) in [5, 5.41) is 1.15. The number of unbranched alkanes of at least 4 members (excludes halogenated alkanes) is 6. The molecule has 120 valence electrons. The van der Waals surface area contributed by atoms with E-state index in [1.165, 1.54) is 76.2 Å². The molecule has 1 atom stereocenters. The van der Waals surface area contributed by atoms with Crippen molar-refractivity contribution in [2.75, 3.05) is 5.33 Å². The predicted octanol–water partition coefficient (Wildman–Crippen LogP) is 7.16. The van der Waals surface area contributed by atoms with Crippen LogP contribution in [0, 0.1) is 5.92 Å². The first-order valence-electron chi connectivity index (χ1n) is 8.96. The van der Waals surface area contributed by atoms with Gasteiger partial charge in [0.1, 0.15) is 0 Å². The summed E-state index contributed by atoms with van der Waals surface area (Å²) in [6, 6.07) is 11.0. The van der Waals surface area contributed by atoms with Crippen LogP contribution in [-0.4, -0.2) is 5.33 Å². The average molecular weight is 353 g/mol. The lowest BCUT2D eigenvalue weighted by molar-refractivity contribution is 0.418. The molecule has 0 saturated heterocycles. The Morgan fingerprint density at radius 2 is 1.43 bits per heavy atom. The maximum atomic E-state index is 3.58. The lowest BCUT2D eigenvalue weighted by atomic mass is 9.90. The number of halogens is 1. The van der Waals surface area contributed by atoms with Crippen LogP contribution in [0.4, 0.5) is 0 Å². The lowest BCUT2D eigenvalue weighted by Crippen LogP contribution is -2.05. The molecule has 1 rings (SSSR count). The SMILES string of the molecule is CCCCCCCCCC(CCCBr)Cc1ccccc1. The third-order valence-electron chi connectivity index (χ3n) is 4.33. The molecule has 0 aromatic heterocycles. The van der Waals surface area contributed by atoms with Gasteiger partial charge in [-0.3, -0.25) is 0 Å². The number of hydrogen-bond acceptors (Lipinski definition) is 0. The van der Waals surface area contributed by atoms with Crippen molar-refractivity contribution in [1.82, 2.24) is 0 Å². The maximum Gasteiger partial charge on any atom is 0.00314 e. The minimum absolute atomic E-state index is 0.876. The Labute approximate surface area is 140 Å². The van der Waals surface area contributed by atoms with E-state index in [1.807, 2.05) is 0 Å². The van der Waals surface area contributed by atoms with Crippen molar-refractivity contribution < 1.29 is 0 Å². The number of rotatable bonds is 13. The predicted molar refractivity (Wildman–Crippen MR) is 99.3 cm³/mol. The van der Waals surface area contributed by atoms with E-state index in [-0.39, 0.29) is 0 Å². The Morgan fingerprint density at radius 1 is 0.810 bits per heavy atom. The molecular formula is C20H33Br. The van der Waals surface area contributed by atoms with E-state index in [2.05, 4.69) is 53.2 Å².